The van der Waals surface area contributed by atoms with Crippen LogP contribution >= 0.6 is 11.3 Å². The molecule has 3 heteroatoms. The van der Waals surface area contributed by atoms with E-state index in [2.05, 4.69) is 54.7 Å². The lowest BCUT2D eigenvalue weighted by atomic mass is 10.1. The number of hydrogen-bond donors (Lipinski definition) is 1. The van der Waals surface area contributed by atoms with Crippen LogP contribution in [0.1, 0.15) is 29.8 Å². The van der Waals surface area contributed by atoms with Crippen molar-refractivity contribution in [1.82, 2.24) is 10.3 Å². The van der Waals surface area contributed by atoms with Gasteiger partial charge < -0.3 is 5.32 Å². The number of aryl methyl sites for hydroxylation is 2. The molecule has 0 bridgehead atoms. The number of rotatable bonds is 3. The summed E-state index contributed by atoms with van der Waals surface area (Å²) in [5.74, 6) is 0. The molecule has 0 saturated carbocycles. The van der Waals surface area contributed by atoms with Gasteiger partial charge in [-0.3, -0.25) is 0 Å². The van der Waals surface area contributed by atoms with Crippen molar-refractivity contribution in [2.75, 3.05) is 7.05 Å². The average molecular weight is 246 g/mol. The molecule has 2 nitrogen and oxygen atoms in total. The van der Waals surface area contributed by atoms with Gasteiger partial charge in [0.15, 0.2) is 0 Å². The lowest BCUT2D eigenvalue weighted by Gasteiger charge is -2.05. The average Bonchev–Trinajstić information content (AvgIpc) is 2.81. The van der Waals surface area contributed by atoms with Crippen LogP contribution in [0.15, 0.2) is 23.6 Å². The van der Waals surface area contributed by atoms with Crippen LogP contribution in [0.25, 0.3) is 10.6 Å². The van der Waals surface area contributed by atoms with Gasteiger partial charge >= 0.3 is 0 Å². The van der Waals surface area contributed by atoms with Gasteiger partial charge in [-0.15, -0.1) is 11.3 Å². The van der Waals surface area contributed by atoms with E-state index in [1.165, 1.54) is 16.7 Å². The summed E-state index contributed by atoms with van der Waals surface area (Å²) in [7, 11) is 1.96. The smallest absolute Gasteiger partial charge is 0.123 e. The second-order valence-electron chi connectivity index (χ2n) is 4.39. The van der Waals surface area contributed by atoms with Crippen molar-refractivity contribution in [1.29, 1.82) is 0 Å². The standard InChI is InChI=1S/C14H18N2S/c1-9-5-6-12(7-10(9)2)14-16-13(8-17-14)11(3)15-4/h5-8,11,15H,1-4H3. The Morgan fingerprint density at radius 3 is 2.65 bits per heavy atom. The van der Waals surface area contributed by atoms with E-state index < -0.39 is 0 Å². The molecule has 0 aliphatic rings. The predicted molar refractivity (Wildman–Crippen MR) is 74.5 cm³/mol. The zero-order chi connectivity index (χ0) is 12.4. The Hall–Kier alpha value is -1.19. The van der Waals surface area contributed by atoms with Crippen molar-refractivity contribution in [2.24, 2.45) is 0 Å². The predicted octanol–water partition coefficient (Wildman–Crippen LogP) is 3.71. The third kappa shape index (κ3) is 2.56. The van der Waals surface area contributed by atoms with Crippen LogP contribution in [-0.4, -0.2) is 12.0 Å². The molecule has 90 valence electrons. The van der Waals surface area contributed by atoms with E-state index in [-0.39, 0.29) is 0 Å². The highest BCUT2D eigenvalue weighted by Gasteiger charge is 2.09. The van der Waals surface area contributed by atoms with E-state index in [0.717, 1.165) is 10.7 Å². The van der Waals surface area contributed by atoms with Crippen molar-refractivity contribution in [2.45, 2.75) is 26.8 Å². The first kappa shape index (κ1) is 12.3. The van der Waals surface area contributed by atoms with E-state index in [1.54, 1.807) is 11.3 Å². The van der Waals surface area contributed by atoms with Crippen molar-refractivity contribution >= 4 is 11.3 Å². The van der Waals surface area contributed by atoms with Gasteiger partial charge in [0.1, 0.15) is 5.01 Å². The van der Waals surface area contributed by atoms with Gasteiger partial charge in [-0.1, -0.05) is 12.1 Å². The zero-order valence-electron chi connectivity index (χ0n) is 10.7. The van der Waals surface area contributed by atoms with Crippen LogP contribution in [0.3, 0.4) is 0 Å². The molecule has 1 atom stereocenters. The first-order valence-corrected chi connectivity index (χ1v) is 6.70. The molecule has 0 amide bonds. The Morgan fingerprint density at radius 2 is 2.00 bits per heavy atom. The Morgan fingerprint density at radius 1 is 1.24 bits per heavy atom. The molecular weight excluding hydrogens is 228 g/mol. The Labute approximate surface area is 107 Å². The summed E-state index contributed by atoms with van der Waals surface area (Å²) in [6.45, 7) is 6.40. The first-order chi connectivity index (χ1) is 8.11. The van der Waals surface area contributed by atoms with Gasteiger partial charge in [0.2, 0.25) is 0 Å². The Balaban J connectivity index is 2.33. The topological polar surface area (TPSA) is 24.9 Å². The molecular formula is C14H18N2S. The molecule has 1 heterocycles. The minimum absolute atomic E-state index is 0.312. The lowest BCUT2D eigenvalue weighted by molar-refractivity contribution is 0.637. The van der Waals surface area contributed by atoms with Crippen molar-refractivity contribution < 1.29 is 0 Å². The van der Waals surface area contributed by atoms with Crippen LogP contribution in [0.2, 0.25) is 0 Å². The molecule has 0 radical (unpaired) electrons. The lowest BCUT2D eigenvalue weighted by Crippen LogP contribution is -2.12. The van der Waals surface area contributed by atoms with Crippen molar-refractivity contribution in [3.8, 4) is 10.6 Å². The molecule has 2 aromatic rings. The van der Waals surface area contributed by atoms with Crippen LogP contribution in [-0.2, 0) is 0 Å². The monoisotopic (exact) mass is 246 g/mol. The van der Waals surface area contributed by atoms with Gasteiger partial charge in [0, 0.05) is 17.0 Å². The Bertz CT molecular complexity index is 517. The van der Waals surface area contributed by atoms with E-state index in [9.17, 15) is 0 Å². The second kappa shape index (κ2) is 4.98. The minimum Gasteiger partial charge on any atom is -0.312 e. The van der Waals surface area contributed by atoms with Crippen molar-refractivity contribution in [3.63, 3.8) is 0 Å². The fourth-order valence-corrected chi connectivity index (χ4v) is 2.55. The fraction of sp³-hybridized carbons (Fsp3) is 0.357. The van der Waals surface area contributed by atoms with E-state index in [1.807, 2.05) is 7.05 Å². The van der Waals surface area contributed by atoms with Gasteiger partial charge in [0.05, 0.1) is 5.69 Å². The largest absolute Gasteiger partial charge is 0.312 e. The van der Waals surface area contributed by atoms with Gasteiger partial charge in [-0.25, -0.2) is 4.98 Å². The van der Waals surface area contributed by atoms with E-state index in [4.69, 9.17) is 0 Å². The maximum atomic E-state index is 4.68. The van der Waals surface area contributed by atoms with E-state index in [0.29, 0.717) is 6.04 Å². The SMILES string of the molecule is CNC(C)c1csc(-c2ccc(C)c(C)c2)n1. The number of hydrogen-bond acceptors (Lipinski definition) is 3. The van der Waals surface area contributed by atoms with Gasteiger partial charge in [-0.2, -0.15) is 0 Å². The van der Waals surface area contributed by atoms with Gasteiger partial charge in [0.25, 0.3) is 0 Å². The number of nitrogens with zero attached hydrogens (tertiary/aromatic N) is 1. The number of benzene rings is 1. The highest BCUT2D eigenvalue weighted by atomic mass is 32.1. The zero-order valence-corrected chi connectivity index (χ0v) is 11.6. The first-order valence-electron chi connectivity index (χ1n) is 5.82. The summed E-state index contributed by atoms with van der Waals surface area (Å²) in [5, 5.41) is 6.44. The number of thiazole rings is 1. The van der Waals surface area contributed by atoms with Crippen molar-refractivity contribution in [3.05, 3.63) is 40.4 Å². The molecule has 0 spiro atoms. The molecule has 1 aromatic heterocycles. The van der Waals surface area contributed by atoms with Crippen LogP contribution < -0.4 is 5.32 Å². The fourth-order valence-electron chi connectivity index (χ4n) is 1.64. The number of aromatic nitrogens is 1. The summed E-state index contributed by atoms with van der Waals surface area (Å²) in [4.78, 5) is 4.68. The summed E-state index contributed by atoms with van der Waals surface area (Å²) >= 11 is 1.71. The molecule has 2 rings (SSSR count). The Kier molecular flexibility index (Phi) is 3.60. The summed E-state index contributed by atoms with van der Waals surface area (Å²) in [6.07, 6.45) is 0. The van der Waals surface area contributed by atoms with Crippen LogP contribution in [0.5, 0.6) is 0 Å². The van der Waals surface area contributed by atoms with E-state index >= 15 is 0 Å². The highest BCUT2D eigenvalue weighted by Crippen LogP contribution is 2.27. The molecule has 0 fully saturated rings. The maximum absolute atomic E-state index is 4.68. The summed E-state index contributed by atoms with van der Waals surface area (Å²) < 4.78 is 0. The molecule has 0 aliphatic heterocycles. The molecule has 0 saturated heterocycles. The van der Waals surface area contributed by atoms with Gasteiger partial charge in [-0.05, 0) is 45.0 Å². The van der Waals surface area contributed by atoms with Crippen LogP contribution in [0.4, 0.5) is 0 Å². The number of nitrogens with one attached hydrogen (secondary N) is 1. The molecule has 17 heavy (non-hydrogen) atoms. The molecule has 0 aliphatic carbocycles. The normalized spacial score (nSPS) is 12.7. The summed E-state index contributed by atoms with van der Waals surface area (Å²) in [5.41, 5.74) is 4.98. The highest BCUT2D eigenvalue weighted by molar-refractivity contribution is 7.13. The summed E-state index contributed by atoms with van der Waals surface area (Å²) in [6, 6.07) is 6.83. The quantitative estimate of drug-likeness (QED) is 0.893. The second-order valence-corrected chi connectivity index (χ2v) is 5.25. The molecule has 1 aromatic carbocycles. The third-order valence-electron chi connectivity index (χ3n) is 3.15. The van der Waals surface area contributed by atoms with Crippen LogP contribution in [0, 0.1) is 13.8 Å². The molecule has 1 unspecified atom stereocenters. The third-order valence-corrected chi connectivity index (χ3v) is 4.06. The molecule has 1 N–H and O–H groups in total. The minimum atomic E-state index is 0.312. The maximum Gasteiger partial charge on any atom is 0.123 e.